The Morgan fingerprint density at radius 2 is 1.95 bits per heavy atom. The van der Waals surface area contributed by atoms with Crippen LogP contribution in [0.3, 0.4) is 0 Å². The highest BCUT2D eigenvalue weighted by atomic mass is 79.9. The third-order valence-electron chi connectivity index (χ3n) is 3.15. The van der Waals surface area contributed by atoms with Crippen molar-refractivity contribution < 1.29 is 9.18 Å². The molecule has 2 aromatic carbocycles. The molecule has 0 fully saturated rings. The maximum Gasteiger partial charge on any atom is 0.251 e. The van der Waals surface area contributed by atoms with Crippen LogP contribution in [0.5, 0.6) is 0 Å². The average Bonchev–Trinajstić information content (AvgIpc) is 2.50. The van der Waals surface area contributed by atoms with E-state index in [1.807, 2.05) is 30.3 Å². The molecule has 0 radical (unpaired) electrons. The molecule has 2 rings (SSSR count). The molecule has 0 aliphatic heterocycles. The van der Waals surface area contributed by atoms with Crippen molar-refractivity contribution >= 4 is 21.8 Å². The van der Waals surface area contributed by atoms with Crippen molar-refractivity contribution in [2.24, 2.45) is 5.73 Å². The predicted octanol–water partition coefficient (Wildman–Crippen LogP) is 3.41. The van der Waals surface area contributed by atoms with Gasteiger partial charge in [0.15, 0.2) is 0 Å². The van der Waals surface area contributed by atoms with Crippen molar-refractivity contribution in [1.82, 2.24) is 5.32 Å². The van der Waals surface area contributed by atoms with Crippen LogP contribution in [0.15, 0.2) is 53.0 Å². The summed E-state index contributed by atoms with van der Waals surface area (Å²) in [6, 6.07) is 13.8. The monoisotopic (exact) mass is 350 g/mol. The number of carbonyl (C=O) groups is 1. The van der Waals surface area contributed by atoms with Crippen LogP contribution in [-0.2, 0) is 0 Å². The molecule has 0 saturated heterocycles. The van der Waals surface area contributed by atoms with Gasteiger partial charge in [0.25, 0.3) is 5.91 Å². The van der Waals surface area contributed by atoms with Gasteiger partial charge in [-0.2, -0.15) is 0 Å². The Kier molecular flexibility index (Phi) is 5.47. The van der Waals surface area contributed by atoms with Crippen LogP contribution in [0.25, 0.3) is 0 Å². The van der Waals surface area contributed by atoms with Gasteiger partial charge >= 0.3 is 0 Å². The maximum absolute atomic E-state index is 13.1. The Balaban J connectivity index is 1.85. The van der Waals surface area contributed by atoms with Crippen LogP contribution in [-0.4, -0.2) is 12.5 Å². The minimum absolute atomic E-state index is 0.119. The van der Waals surface area contributed by atoms with Crippen molar-refractivity contribution in [1.29, 1.82) is 0 Å². The Bertz CT molecular complexity index is 619. The number of carbonyl (C=O) groups excluding carboxylic acids is 1. The number of amides is 1. The molecular weight excluding hydrogens is 335 g/mol. The van der Waals surface area contributed by atoms with Gasteiger partial charge in [-0.3, -0.25) is 4.79 Å². The van der Waals surface area contributed by atoms with E-state index in [1.54, 1.807) is 0 Å². The van der Waals surface area contributed by atoms with Crippen LogP contribution < -0.4 is 11.1 Å². The molecule has 0 heterocycles. The summed E-state index contributed by atoms with van der Waals surface area (Å²) in [4.78, 5) is 11.9. The fraction of sp³-hybridized carbons (Fsp3) is 0.188. The summed E-state index contributed by atoms with van der Waals surface area (Å²) in [5.41, 5.74) is 7.51. The van der Waals surface area contributed by atoms with Crippen molar-refractivity contribution in [2.75, 3.05) is 6.54 Å². The topological polar surface area (TPSA) is 55.1 Å². The highest BCUT2D eigenvalue weighted by molar-refractivity contribution is 9.10. The SMILES string of the molecule is NC(CCNC(=O)c1ccc(F)c(Br)c1)c1ccccc1. The number of nitrogens with one attached hydrogen (secondary N) is 1. The highest BCUT2D eigenvalue weighted by Crippen LogP contribution is 2.17. The summed E-state index contributed by atoms with van der Waals surface area (Å²) < 4.78 is 13.4. The van der Waals surface area contributed by atoms with Crippen molar-refractivity contribution in [3.63, 3.8) is 0 Å². The maximum atomic E-state index is 13.1. The smallest absolute Gasteiger partial charge is 0.251 e. The number of rotatable bonds is 5. The Morgan fingerprint density at radius 1 is 1.24 bits per heavy atom. The van der Waals surface area contributed by atoms with Crippen LogP contribution in [0, 0.1) is 5.82 Å². The zero-order valence-electron chi connectivity index (χ0n) is 11.4. The van der Waals surface area contributed by atoms with Gasteiger partial charge in [0.1, 0.15) is 5.82 Å². The lowest BCUT2D eigenvalue weighted by Crippen LogP contribution is -2.27. The van der Waals surface area contributed by atoms with E-state index in [9.17, 15) is 9.18 Å². The number of hydrogen-bond donors (Lipinski definition) is 2. The van der Waals surface area contributed by atoms with Gasteiger partial charge in [-0.25, -0.2) is 4.39 Å². The molecule has 21 heavy (non-hydrogen) atoms. The average molecular weight is 351 g/mol. The normalized spacial score (nSPS) is 12.0. The van der Waals surface area contributed by atoms with Gasteiger partial charge in [-0.05, 0) is 46.1 Å². The molecule has 3 nitrogen and oxygen atoms in total. The molecule has 3 N–H and O–H groups in total. The summed E-state index contributed by atoms with van der Waals surface area (Å²) in [5, 5.41) is 2.78. The van der Waals surface area contributed by atoms with E-state index in [1.165, 1.54) is 18.2 Å². The number of benzene rings is 2. The minimum Gasteiger partial charge on any atom is -0.352 e. The van der Waals surface area contributed by atoms with Crippen molar-refractivity contribution in [3.05, 3.63) is 69.9 Å². The number of hydrogen-bond acceptors (Lipinski definition) is 2. The van der Waals surface area contributed by atoms with E-state index in [0.29, 0.717) is 18.5 Å². The first-order chi connectivity index (χ1) is 10.1. The number of nitrogens with two attached hydrogens (primary N) is 1. The van der Waals surface area contributed by atoms with Crippen LogP contribution >= 0.6 is 15.9 Å². The molecule has 0 spiro atoms. The predicted molar refractivity (Wildman–Crippen MR) is 84.4 cm³/mol. The molecule has 0 aliphatic carbocycles. The standard InChI is InChI=1S/C16H16BrFN2O/c17-13-10-12(6-7-14(13)18)16(21)20-9-8-15(19)11-4-2-1-3-5-11/h1-7,10,15H,8-9,19H2,(H,20,21). The highest BCUT2D eigenvalue weighted by Gasteiger charge is 2.09. The Labute approximate surface area is 131 Å². The van der Waals surface area contributed by atoms with E-state index >= 15 is 0 Å². The zero-order valence-corrected chi connectivity index (χ0v) is 12.9. The molecule has 0 bridgehead atoms. The van der Waals surface area contributed by atoms with Crippen molar-refractivity contribution in [2.45, 2.75) is 12.5 Å². The third-order valence-corrected chi connectivity index (χ3v) is 3.76. The molecule has 1 unspecified atom stereocenters. The second kappa shape index (κ2) is 7.33. The number of halogens is 2. The van der Waals surface area contributed by atoms with E-state index in [2.05, 4.69) is 21.2 Å². The lowest BCUT2D eigenvalue weighted by atomic mass is 10.1. The fourth-order valence-electron chi connectivity index (χ4n) is 1.95. The largest absolute Gasteiger partial charge is 0.352 e. The molecule has 2 aromatic rings. The molecule has 110 valence electrons. The minimum atomic E-state index is -0.391. The van der Waals surface area contributed by atoms with Crippen LogP contribution in [0.4, 0.5) is 4.39 Å². The molecule has 1 amide bonds. The van der Waals surface area contributed by atoms with Crippen LogP contribution in [0.1, 0.15) is 28.4 Å². The van der Waals surface area contributed by atoms with E-state index < -0.39 is 5.82 Å². The first kappa shape index (κ1) is 15.7. The quantitative estimate of drug-likeness (QED) is 0.868. The second-order valence-electron chi connectivity index (χ2n) is 4.69. The van der Waals surface area contributed by atoms with Gasteiger partial charge in [0.2, 0.25) is 0 Å². The van der Waals surface area contributed by atoms with Crippen molar-refractivity contribution in [3.8, 4) is 0 Å². The third kappa shape index (κ3) is 4.37. The summed E-state index contributed by atoms with van der Waals surface area (Å²) in [6.45, 7) is 0.462. The fourth-order valence-corrected chi connectivity index (χ4v) is 2.33. The van der Waals surface area contributed by atoms with E-state index in [4.69, 9.17) is 5.73 Å². The van der Waals surface area contributed by atoms with E-state index in [0.717, 1.165) is 5.56 Å². The molecule has 0 saturated carbocycles. The van der Waals surface area contributed by atoms with E-state index in [-0.39, 0.29) is 16.4 Å². The summed E-state index contributed by atoms with van der Waals surface area (Å²) in [5.74, 6) is -0.631. The van der Waals surface area contributed by atoms with Gasteiger partial charge in [0, 0.05) is 18.2 Å². The lowest BCUT2D eigenvalue weighted by molar-refractivity contribution is 0.0952. The first-order valence-corrected chi connectivity index (χ1v) is 7.41. The zero-order chi connectivity index (χ0) is 15.2. The van der Waals surface area contributed by atoms with Gasteiger partial charge in [-0.1, -0.05) is 30.3 Å². The summed E-state index contributed by atoms with van der Waals surface area (Å²) in [6.07, 6.45) is 0.637. The Morgan fingerprint density at radius 3 is 2.62 bits per heavy atom. The molecule has 5 heteroatoms. The first-order valence-electron chi connectivity index (χ1n) is 6.61. The molecule has 0 aliphatic rings. The summed E-state index contributed by atoms with van der Waals surface area (Å²) >= 11 is 3.06. The Hall–Kier alpha value is -1.72. The van der Waals surface area contributed by atoms with Gasteiger partial charge in [-0.15, -0.1) is 0 Å². The molecule has 0 aromatic heterocycles. The van der Waals surface area contributed by atoms with Gasteiger partial charge in [0.05, 0.1) is 4.47 Å². The molecule has 1 atom stereocenters. The van der Waals surface area contributed by atoms with Gasteiger partial charge < -0.3 is 11.1 Å². The lowest BCUT2D eigenvalue weighted by Gasteiger charge is -2.12. The second-order valence-corrected chi connectivity index (χ2v) is 5.54. The van der Waals surface area contributed by atoms with Crippen LogP contribution in [0.2, 0.25) is 0 Å². The summed E-state index contributed by atoms with van der Waals surface area (Å²) in [7, 11) is 0. The molecular formula is C16H16BrFN2O.